The van der Waals surface area contributed by atoms with E-state index in [4.69, 9.17) is 0 Å². The van der Waals surface area contributed by atoms with Gasteiger partial charge in [-0.15, -0.1) is 10.2 Å². The van der Waals surface area contributed by atoms with Gasteiger partial charge in [0, 0.05) is 29.0 Å². The van der Waals surface area contributed by atoms with Crippen LogP contribution in [0.2, 0.25) is 0 Å². The van der Waals surface area contributed by atoms with Crippen LogP contribution in [0.15, 0.2) is 89.6 Å². The average Bonchev–Trinajstić information content (AvgIpc) is 3.19. The van der Waals surface area contributed by atoms with Gasteiger partial charge >= 0.3 is 0 Å². The summed E-state index contributed by atoms with van der Waals surface area (Å²) in [6.07, 6.45) is 5.10. The number of hydrogen-bond donors (Lipinski definition) is 0. The van der Waals surface area contributed by atoms with E-state index in [9.17, 15) is 0 Å². The van der Waals surface area contributed by atoms with Gasteiger partial charge in [0.15, 0.2) is 5.82 Å². The summed E-state index contributed by atoms with van der Waals surface area (Å²) in [5.41, 5.74) is 4.01. The van der Waals surface area contributed by atoms with Crippen LogP contribution < -0.4 is 0 Å². The molecule has 0 spiro atoms. The van der Waals surface area contributed by atoms with Crippen LogP contribution in [0.25, 0.3) is 28.0 Å². The van der Waals surface area contributed by atoms with Crippen LogP contribution in [-0.4, -0.2) is 29.7 Å². The van der Waals surface area contributed by atoms with Crippen molar-refractivity contribution in [3.8, 4) is 17.1 Å². The van der Waals surface area contributed by atoms with Crippen LogP contribution in [0.5, 0.6) is 0 Å². The minimum atomic E-state index is 0.740. The number of nitrogens with zero attached hydrogens (tertiary/aromatic N) is 6. The Morgan fingerprint density at radius 3 is 2.52 bits per heavy atom. The van der Waals surface area contributed by atoms with Gasteiger partial charge in [0.2, 0.25) is 5.16 Å². The third-order valence-electron chi connectivity index (χ3n) is 4.53. The molecule has 6 nitrogen and oxygen atoms in total. The zero-order valence-corrected chi connectivity index (χ0v) is 16.4. The average molecular weight is 396 g/mol. The zero-order valence-electron chi connectivity index (χ0n) is 15.6. The molecular formula is C22H16N6S. The Morgan fingerprint density at radius 2 is 1.69 bits per heavy atom. The van der Waals surface area contributed by atoms with Crippen molar-refractivity contribution < 1.29 is 0 Å². The van der Waals surface area contributed by atoms with Crippen LogP contribution in [0.3, 0.4) is 0 Å². The first-order valence-electron chi connectivity index (χ1n) is 9.10. The first-order chi connectivity index (χ1) is 14.3. The topological polar surface area (TPSA) is 69.4 Å². The van der Waals surface area contributed by atoms with E-state index in [-0.39, 0.29) is 0 Å². The fourth-order valence-corrected chi connectivity index (χ4v) is 4.06. The van der Waals surface area contributed by atoms with Crippen molar-refractivity contribution in [2.45, 2.75) is 17.1 Å². The van der Waals surface area contributed by atoms with Crippen LogP contribution in [0, 0.1) is 6.92 Å². The molecule has 3 heterocycles. The standard InChI is InChI=1S/C22H16N6S/c1-15-7-8-19-18(13-15)21(25-14-24-19)29-22-27-26-20(16-9-11-23-12-10-16)28(22)17-5-3-2-4-6-17/h2-14H,1H3. The van der Waals surface area contributed by atoms with Gasteiger partial charge in [-0.1, -0.05) is 29.8 Å². The smallest absolute Gasteiger partial charge is 0.202 e. The van der Waals surface area contributed by atoms with Crippen LogP contribution in [0.1, 0.15) is 5.56 Å². The Kier molecular flexibility index (Phi) is 4.50. The lowest BCUT2D eigenvalue weighted by atomic mass is 10.2. The Hall–Kier alpha value is -3.58. The van der Waals surface area contributed by atoms with E-state index < -0.39 is 0 Å². The molecule has 3 aromatic heterocycles. The van der Waals surface area contributed by atoms with Gasteiger partial charge in [0.1, 0.15) is 11.4 Å². The Morgan fingerprint density at radius 1 is 0.862 bits per heavy atom. The van der Waals surface area contributed by atoms with Gasteiger partial charge in [0.25, 0.3) is 0 Å². The molecule has 0 aliphatic rings. The highest BCUT2D eigenvalue weighted by Crippen LogP contribution is 2.34. The monoisotopic (exact) mass is 396 g/mol. The second-order valence-corrected chi connectivity index (χ2v) is 7.47. The Bertz CT molecular complexity index is 1280. The third-order valence-corrected chi connectivity index (χ3v) is 5.49. The van der Waals surface area contributed by atoms with Crippen molar-refractivity contribution in [2.24, 2.45) is 0 Å². The maximum absolute atomic E-state index is 4.52. The van der Waals surface area contributed by atoms with Crippen LogP contribution in [-0.2, 0) is 0 Å². The zero-order chi connectivity index (χ0) is 19.6. The fraction of sp³-hybridized carbons (Fsp3) is 0.0455. The number of rotatable bonds is 4. The van der Waals surface area contributed by atoms with E-state index >= 15 is 0 Å². The molecule has 0 aliphatic heterocycles. The molecule has 0 aliphatic carbocycles. The summed E-state index contributed by atoms with van der Waals surface area (Å²) in [6, 6.07) is 20.1. The van der Waals surface area contributed by atoms with E-state index in [1.54, 1.807) is 18.7 Å². The van der Waals surface area contributed by atoms with E-state index in [0.717, 1.165) is 43.7 Å². The fourth-order valence-electron chi connectivity index (χ4n) is 3.15. The van der Waals surface area contributed by atoms with E-state index in [1.807, 2.05) is 53.1 Å². The van der Waals surface area contributed by atoms with Gasteiger partial charge in [-0.3, -0.25) is 9.55 Å². The third kappa shape index (κ3) is 3.36. The summed E-state index contributed by atoms with van der Waals surface area (Å²) >= 11 is 1.49. The van der Waals surface area contributed by atoms with Crippen molar-refractivity contribution in [2.75, 3.05) is 0 Å². The predicted octanol–water partition coefficient (Wildman–Crippen LogP) is 4.73. The first kappa shape index (κ1) is 17.5. The summed E-state index contributed by atoms with van der Waals surface area (Å²) in [5.74, 6) is 0.760. The number of fused-ring (bicyclic) bond motifs is 1. The van der Waals surface area contributed by atoms with Crippen molar-refractivity contribution in [1.82, 2.24) is 29.7 Å². The molecule has 0 bridgehead atoms. The minimum Gasteiger partial charge on any atom is -0.270 e. The van der Waals surface area contributed by atoms with Crippen molar-refractivity contribution >= 4 is 22.7 Å². The lowest BCUT2D eigenvalue weighted by molar-refractivity contribution is 0.883. The molecule has 29 heavy (non-hydrogen) atoms. The first-order valence-corrected chi connectivity index (χ1v) is 9.92. The number of pyridine rings is 1. The van der Waals surface area contributed by atoms with Gasteiger partial charge in [0.05, 0.1) is 5.52 Å². The highest BCUT2D eigenvalue weighted by atomic mass is 32.2. The molecule has 5 rings (SSSR count). The number of hydrogen-bond acceptors (Lipinski definition) is 6. The molecule has 0 N–H and O–H groups in total. The van der Waals surface area contributed by atoms with Crippen molar-refractivity contribution in [3.05, 3.63) is 84.9 Å². The van der Waals surface area contributed by atoms with Crippen molar-refractivity contribution in [1.29, 1.82) is 0 Å². The summed E-state index contributed by atoms with van der Waals surface area (Å²) in [7, 11) is 0. The SMILES string of the molecule is Cc1ccc2ncnc(Sc3nnc(-c4ccncc4)n3-c3ccccc3)c2c1. The summed E-state index contributed by atoms with van der Waals surface area (Å²) in [4.78, 5) is 13.0. The molecule has 0 saturated carbocycles. The second-order valence-electron chi connectivity index (χ2n) is 6.51. The molecular weight excluding hydrogens is 380 g/mol. The minimum absolute atomic E-state index is 0.740. The van der Waals surface area contributed by atoms with E-state index in [2.05, 4.69) is 44.2 Å². The summed E-state index contributed by atoms with van der Waals surface area (Å²) in [5, 5.41) is 11.6. The normalized spacial score (nSPS) is 11.1. The van der Waals surface area contributed by atoms with Crippen LogP contribution >= 0.6 is 11.8 Å². The molecule has 2 aromatic carbocycles. The maximum Gasteiger partial charge on any atom is 0.202 e. The second kappa shape index (κ2) is 7.44. The lowest BCUT2D eigenvalue weighted by Gasteiger charge is -2.10. The lowest BCUT2D eigenvalue weighted by Crippen LogP contribution is -2.00. The quantitative estimate of drug-likeness (QED) is 0.409. The van der Waals surface area contributed by atoms with Gasteiger partial charge in [-0.2, -0.15) is 0 Å². The number of aromatic nitrogens is 6. The number of para-hydroxylation sites is 1. The van der Waals surface area contributed by atoms with Gasteiger partial charge in [-0.05, 0) is 55.1 Å². The summed E-state index contributed by atoms with van der Waals surface area (Å²) in [6.45, 7) is 2.06. The van der Waals surface area contributed by atoms with Crippen LogP contribution in [0.4, 0.5) is 0 Å². The molecule has 0 saturated heterocycles. The molecule has 0 fully saturated rings. The molecule has 0 atom stereocenters. The number of benzene rings is 2. The van der Waals surface area contributed by atoms with E-state index in [1.165, 1.54) is 11.8 Å². The Balaban J connectivity index is 1.67. The Labute approximate surface area is 171 Å². The largest absolute Gasteiger partial charge is 0.270 e. The summed E-state index contributed by atoms with van der Waals surface area (Å²) < 4.78 is 2.05. The molecule has 7 heteroatoms. The number of aryl methyl sites for hydroxylation is 1. The molecule has 5 aromatic rings. The molecule has 0 radical (unpaired) electrons. The van der Waals surface area contributed by atoms with Crippen molar-refractivity contribution in [3.63, 3.8) is 0 Å². The molecule has 140 valence electrons. The highest BCUT2D eigenvalue weighted by molar-refractivity contribution is 7.99. The van der Waals surface area contributed by atoms with Gasteiger partial charge in [-0.25, -0.2) is 9.97 Å². The maximum atomic E-state index is 4.52. The highest BCUT2D eigenvalue weighted by Gasteiger charge is 2.18. The molecule has 0 unspecified atom stereocenters. The van der Waals surface area contributed by atoms with E-state index in [0.29, 0.717) is 0 Å². The molecule has 0 amide bonds. The predicted molar refractivity (Wildman–Crippen MR) is 113 cm³/mol. The van der Waals surface area contributed by atoms with Gasteiger partial charge < -0.3 is 0 Å².